The lowest BCUT2D eigenvalue weighted by molar-refractivity contribution is -0.161. The average Bonchev–Trinajstić information content (AvgIpc) is 3.42. The summed E-state index contributed by atoms with van der Waals surface area (Å²) in [5.41, 5.74) is 5.39. The van der Waals surface area contributed by atoms with Crippen LogP contribution in [0.25, 0.3) is 0 Å². The minimum atomic E-state index is -4.39. The molecule has 2 unspecified atom stereocenters. The van der Waals surface area contributed by atoms with Gasteiger partial charge in [0, 0.05) is 19.4 Å². The first-order valence-electron chi connectivity index (χ1n) is 32.8. The number of phosphoric acid groups is 1. The minimum Gasteiger partial charge on any atom is -0.462 e. The molecule has 3 N–H and O–H groups in total. The zero-order chi connectivity index (χ0) is 55.9. The Labute approximate surface area is 476 Å². The number of hydrogen-bond donors (Lipinski definition) is 2. The van der Waals surface area contributed by atoms with Crippen LogP contribution in [0.3, 0.4) is 0 Å². The second-order valence-electron chi connectivity index (χ2n) is 22.0. The van der Waals surface area contributed by atoms with E-state index in [4.69, 9.17) is 24.3 Å². The maximum atomic E-state index is 12.7. The van der Waals surface area contributed by atoms with Gasteiger partial charge in [0.15, 0.2) is 6.10 Å². The van der Waals surface area contributed by atoms with Gasteiger partial charge in [0.25, 0.3) is 0 Å². The van der Waals surface area contributed by atoms with E-state index in [1.807, 2.05) is 0 Å². The second kappa shape index (κ2) is 62.9. The smallest absolute Gasteiger partial charge is 0.462 e. The van der Waals surface area contributed by atoms with Crippen LogP contribution in [0.4, 0.5) is 0 Å². The zero-order valence-corrected chi connectivity index (χ0v) is 51.3. The summed E-state index contributed by atoms with van der Waals surface area (Å²) in [6.07, 6.45) is 80.2. The molecule has 0 aromatic carbocycles. The number of unbranched alkanes of at least 4 members (excludes halogenated alkanes) is 39. The van der Waals surface area contributed by atoms with Crippen LogP contribution in [-0.2, 0) is 32.7 Å². The summed E-state index contributed by atoms with van der Waals surface area (Å²) in [5, 5.41) is 0. The van der Waals surface area contributed by atoms with Crippen LogP contribution >= 0.6 is 7.82 Å². The second-order valence-corrected chi connectivity index (χ2v) is 23.4. The molecule has 0 saturated heterocycles. The molecule has 0 fully saturated rings. The van der Waals surface area contributed by atoms with Crippen molar-refractivity contribution in [3.05, 3.63) is 60.8 Å². The lowest BCUT2D eigenvalue weighted by Gasteiger charge is -2.19. The van der Waals surface area contributed by atoms with E-state index in [-0.39, 0.29) is 38.6 Å². The number of carbonyl (C=O) groups is 2. The molecule has 0 aromatic rings. The Morgan fingerprint density at radius 1 is 0.390 bits per heavy atom. The van der Waals surface area contributed by atoms with Gasteiger partial charge in [-0.1, -0.05) is 286 Å². The summed E-state index contributed by atoms with van der Waals surface area (Å²) in [5.74, 6) is -0.820. The van der Waals surface area contributed by atoms with E-state index < -0.39 is 26.5 Å². The Hall–Kier alpha value is -2.29. The van der Waals surface area contributed by atoms with Gasteiger partial charge in [0.1, 0.15) is 6.61 Å². The number of hydrogen-bond acceptors (Lipinski definition) is 8. The highest BCUT2D eigenvalue weighted by Crippen LogP contribution is 2.43. The minimum absolute atomic E-state index is 0.0530. The van der Waals surface area contributed by atoms with Gasteiger partial charge in [-0.25, -0.2) is 4.57 Å². The molecule has 0 bridgehead atoms. The molecule has 2 atom stereocenters. The molecule has 0 amide bonds. The van der Waals surface area contributed by atoms with Gasteiger partial charge in [0.2, 0.25) is 0 Å². The Morgan fingerprint density at radius 2 is 0.675 bits per heavy atom. The Bertz CT molecular complexity index is 1440. The van der Waals surface area contributed by atoms with Crippen molar-refractivity contribution in [1.82, 2.24) is 0 Å². The predicted octanol–water partition coefficient (Wildman–Crippen LogP) is 21.1. The highest BCUT2D eigenvalue weighted by Gasteiger charge is 2.26. The number of esters is 2. The normalized spacial score (nSPS) is 13.4. The van der Waals surface area contributed by atoms with E-state index in [2.05, 4.69) is 74.6 Å². The Balaban J connectivity index is 3.82. The fraction of sp³-hybridized carbons (Fsp3) is 0.821. The molecule has 77 heavy (non-hydrogen) atoms. The van der Waals surface area contributed by atoms with Gasteiger partial charge in [-0.05, 0) is 83.5 Å². The van der Waals surface area contributed by atoms with Crippen molar-refractivity contribution in [3.63, 3.8) is 0 Å². The monoisotopic (exact) mass is 1100 g/mol. The van der Waals surface area contributed by atoms with Gasteiger partial charge in [0.05, 0.1) is 13.2 Å². The third-order valence-corrected chi connectivity index (χ3v) is 15.4. The first kappa shape index (κ1) is 74.7. The van der Waals surface area contributed by atoms with Crippen molar-refractivity contribution in [2.75, 3.05) is 26.4 Å². The molecule has 0 aliphatic rings. The molecule has 9 nitrogen and oxygen atoms in total. The molecule has 450 valence electrons. The molecule has 10 heteroatoms. The van der Waals surface area contributed by atoms with E-state index in [1.54, 1.807) is 0 Å². The van der Waals surface area contributed by atoms with Gasteiger partial charge in [-0.15, -0.1) is 0 Å². The van der Waals surface area contributed by atoms with Crippen LogP contribution in [0.2, 0.25) is 0 Å². The highest BCUT2D eigenvalue weighted by molar-refractivity contribution is 7.47. The fourth-order valence-corrected chi connectivity index (χ4v) is 10.3. The molecule has 0 aliphatic heterocycles. The highest BCUT2D eigenvalue weighted by atomic mass is 31.2. The molecule has 0 aromatic heterocycles. The molecular weight excluding hydrogens is 978 g/mol. The Kier molecular flexibility index (Phi) is 61.0. The van der Waals surface area contributed by atoms with Crippen molar-refractivity contribution >= 4 is 19.8 Å². The van der Waals surface area contributed by atoms with Crippen LogP contribution in [-0.4, -0.2) is 49.3 Å². The van der Waals surface area contributed by atoms with E-state index in [0.29, 0.717) is 6.42 Å². The predicted molar refractivity (Wildman–Crippen MR) is 330 cm³/mol. The molecule has 0 rings (SSSR count). The molecule has 0 radical (unpaired) electrons. The quantitative estimate of drug-likeness (QED) is 0.0264. The number of allylic oxidation sites excluding steroid dienone is 10. The van der Waals surface area contributed by atoms with Gasteiger partial charge in [-0.3, -0.25) is 18.6 Å². The number of phosphoric ester groups is 1. The lowest BCUT2D eigenvalue weighted by Crippen LogP contribution is -2.29. The lowest BCUT2D eigenvalue weighted by atomic mass is 10.0. The zero-order valence-electron chi connectivity index (χ0n) is 50.4. The van der Waals surface area contributed by atoms with Gasteiger partial charge >= 0.3 is 19.8 Å². The topological polar surface area (TPSA) is 134 Å². The SMILES string of the molecule is CCCCC/C=C\C/C=C\CCCCCCCCCCCC(=O)OCC(COP(=O)(O)OCCN)OC(=O)CCCCCCCCCCCCCCCCCCCCCCCC/C=C\C/C=C\C/C=C\CCCCCCC. The van der Waals surface area contributed by atoms with Crippen LogP contribution in [0.5, 0.6) is 0 Å². The summed E-state index contributed by atoms with van der Waals surface area (Å²) in [6, 6.07) is 0. The van der Waals surface area contributed by atoms with Crippen molar-refractivity contribution < 1.29 is 37.6 Å². The maximum absolute atomic E-state index is 12.7. The Morgan fingerprint density at radius 3 is 1.03 bits per heavy atom. The fourth-order valence-electron chi connectivity index (χ4n) is 9.50. The molecule has 0 saturated carbocycles. The van der Waals surface area contributed by atoms with E-state index in [0.717, 1.165) is 51.4 Å². The van der Waals surface area contributed by atoms with Crippen molar-refractivity contribution in [1.29, 1.82) is 0 Å². The summed E-state index contributed by atoms with van der Waals surface area (Å²) in [4.78, 5) is 35.2. The number of carbonyl (C=O) groups excluding carboxylic acids is 2. The van der Waals surface area contributed by atoms with E-state index in [9.17, 15) is 19.0 Å². The van der Waals surface area contributed by atoms with Crippen molar-refractivity contribution in [2.45, 2.75) is 328 Å². The maximum Gasteiger partial charge on any atom is 0.472 e. The molecule has 0 heterocycles. The number of nitrogens with two attached hydrogens (primary N) is 1. The van der Waals surface area contributed by atoms with Crippen LogP contribution in [0.15, 0.2) is 60.8 Å². The summed E-state index contributed by atoms with van der Waals surface area (Å²) >= 11 is 0. The van der Waals surface area contributed by atoms with Crippen LogP contribution in [0, 0.1) is 0 Å². The van der Waals surface area contributed by atoms with Crippen molar-refractivity contribution in [3.8, 4) is 0 Å². The average molecular weight is 1100 g/mol. The summed E-state index contributed by atoms with van der Waals surface area (Å²) < 4.78 is 33.1. The van der Waals surface area contributed by atoms with Gasteiger partial charge in [-0.2, -0.15) is 0 Å². The van der Waals surface area contributed by atoms with Crippen LogP contribution in [0.1, 0.15) is 322 Å². The molecule has 0 spiro atoms. The van der Waals surface area contributed by atoms with E-state index in [1.165, 1.54) is 238 Å². The standard InChI is InChI=1S/C67H124NO8P/c1-3-5-7-9-11-13-15-17-19-21-23-24-25-26-27-28-29-30-31-32-33-34-35-36-37-38-39-40-42-44-46-48-50-52-54-56-58-60-67(70)76-65(64-75-77(71,72)74-62-61-68)63-73-66(69)59-57-55-53-51-49-47-45-43-41-22-20-18-16-14-12-10-8-6-4-2/h12,14-15,17-18,20-21,23,25-26,65H,3-11,13,16,19,22,24,27-64,68H2,1-2H3,(H,71,72)/b14-12-,17-15-,20-18-,23-21-,26-25-. The van der Waals surface area contributed by atoms with Crippen LogP contribution < -0.4 is 5.73 Å². The molecule has 0 aliphatic carbocycles. The summed E-state index contributed by atoms with van der Waals surface area (Å²) in [7, 11) is -4.39. The number of ether oxygens (including phenoxy) is 2. The van der Waals surface area contributed by atoms with Gasteiger partial charge < -0.3 is 20.1 Å². The third kappa shape index (κ3) is 62.8. The van der Waals surface area contributed by atoms with E-state index >= 15 is 0 Å². The summed E-state index contributed by atoms with van der Waals surface area (Å²) in [6.45, 7) is 3.74. The first-order valence-corrected chi connectivity index (χ1v) is 34.3. The number of rotatable bonds is 62. The molecular formula is C67H124NO8P. The van der Waals surface area contributed by atoms with Crippen molar-refractivity contribution in [2.24, 2.45) is 5.73 Å². The first-order chi connectivity index (χ1) is 37.8. The largest absolute Gasteiger partial charge is 0.472 e. The third-order valence-electron chi connectivity index (χ3n) is 14.4.